The Morgan fingerprint density at radius 1 is 1.18 bits per heavy atom. The van der Waals surface area contributed by atoms with Gasteiger partial charge in [-0.3, -0.25) is 23.7 Å². The number of hydrogen-bond acceptors (Lipinski definition) is 7. The van der Waals surface area contributed by atoms with Crippen molar-refractivity contribution in [2.75, 3.05) is 18.5 Å². The monoisotopic (exact) mass is 494 g/mol. The minimum Gasteiger partial charge on any atom is -0.481 e. The van der Waals surface area contributed by atoms with Crippen molar-refractivity contribution in [3.63, 3.8) is 0 Å². The minimum atomic E-state index is -0.928. The minimum absolute atomic E-state index is 0.0551. The number of carbonyl (C=O) groups is 2. The second-order valence-electron chi connectivity index (χ2n) is 7.76. The Balaban J connectivity index is 1.73. The summed E-state index contributed by atoms with van der Waals surface area (Å²) in [6.07, 6.45) is 3.42. The maximum absolute atomic E-state index is 13.4. The van der Waals surface area contributed by atoms with Gasteiger partial charge in [-0.2, -0.15) is 0 Å². The van der Waals surface area contributed by atoms with E-state index in [1.54, 1.807) is 24.4 Å². The van der Waals surface area contributed by atoms with Gasteiger partial charge in [-0.15, -0.1) is 0 Å². The molecule has 174 valence electrons. The Morgan fingerprint density at radius 2 is 1.91 bits per heavy atom. The fraction of sp³-hybridized carbons (Fsp3) is 0.208. The predicted molar refractivity (Wildman–Crippen MR) is 137 cm³/mol. The van der Waals surface area contributed by atoms with Crippen LogP contribution in [0.1, 0.15) is 24.0 Å². The van der Waals surface area contributed by atoms with Crippen molar-refractivity contribution in [1.82, 2.24) is 14.3 Å². The van der Waals surface area contributed by atoms with Gasteiger partial charge in [0.05, 0.1) is 10.5 Å². The van der Waals surface area contributed by atoms with Crippen LogP contribution in [-0.2, 0) is 16.1 Å². The number of amides is 1. The van der Waals surface area contributed by atoms with Crippen LogP contribution in [0.3, 0.4) is 0 Å². The molecule has 0 unspecified atom stereocenters. The lowest BCUT2D eigenvalue weighted by atomic mass is 10.2. The molecular formula is C24H22N4O4S2. The first kappa shape index (κ1) is 23.7. The summed E-state index contributed by atoms with van der Waals surface area (Å²) in [7, 11) is 1.85. The van der Waals surface area contributed by atoms with Gasteiger partial charge in [0.25, 0.3) is 11.5 Å². The molecule has 1 saturated heterocycles. The van der Waals surface area contributed by atoms with Crippen LogP contribution in [-0.4, -0.2) is 49.2 Å². The first-order chi connectivity index (χ1) is 16.3. The Labute approximate surface area is 205 Å². The zero-order valence-corrected chi connectivity index (χ0v) is 20.0. The second kappa shape index (κ2) is 10.2. The SMILES string of the molecule is CN(Cc1ccccc1)c1nc2ccccn2c(=O)c1/C=C1/SC(=S)N(CCCC(=O)O)C1=O. The third-order valence-corrected chi connectivity index (χ3v) is 6.67. The number of aliphatic carboxylic acids is 1. The van der Waals surface area contributed by atoms with Crippen LogP contribution < -0.4 is 10.5 Å². The first-order valence-electron chi connectivity index (χ1n) is 10.6. The number of carbonyl (C=O) groups excluding carboxylic acids is 1. The molecule has 1 N–H and O–H groups in total. The van der Waals surface area contributed by atoms with Crippen molar-refractivity contribution >= 4 is 57.7 Å². The van der Waals surface area contributed by atoms with E-state index in [9.17, 15) is 14.4 Å². The summed E-state index contributed by atoms with van der Waals surface area (Å²) in [4.78, 5) is 45.5. The summed E-state index contributed by atoms with van der Waals surface area (Å²) < 4.78 is 1.79. The molecule has 1 amide bonds. The van der Waals surface area contributed by atoms with Gasteiger partial charge in [-0.05, 0) is 30.2 Å². The van der Waals surface area contributed by atoms with Crippen LogP contribution in [0.4, 0.5) is 5.82 Å². The predicted octanol–water partition coefficient (Wildman–Crippen LogP) is 3.40. The van der Waals surface area contributed by atoms with Gasteiger partial charge in [-0.25, -0.2) is 4.98 Å². The Kier molecular flexibility index (Phi) is 7.09. The van der Waals surface area contributed by atoms with E-state index in [2.05, 4.69) is 0 Å². The van der Waals surface area contributed by atoms with Gasteiger partial charge < -0.3 is 10.0 Å². The number of thiocarbonyl (C=S) groups is 1. The number of thioether (sulfide) groups is 1. The highest BCUT2D eigenvalue weighted by atomic mass is 32.2. The summed E-state index contributed by atoms with van der Waals surface area (Å²) in [5, 5.41) is 8.87. The van der Waals surface area contributed by atoms with Crippen molar-refractivity contribution in [2.24, 2.45) is 0 Å². The van der Waals surface area contributed by atoms with E-state index in [0.29, 0.717) is 33.7 Å². The smallest absolute Gasteiger partial charge is 0.303 e. The standard InChI is InChI=1S/C24H22N4O4S2/c1-26(15-16-8-3-2-4-9-16)21-17(22(31)27-12-6-5-10-19(27)25-21)14-18-23(32)28(24(33)34-18)13-7-11-20(29)30/h2-6,8-10,12,14H,7,11,13,15H2,1H3,(H,29,30)/b18-14+. The molecule has 0 atom stereocenters. The number of benzene rings is 1. The lowest BCUT2D eigenvalue weighted by Crippen LogP contribution is -2.29. The molecule has 3 aromatic rings. The molecule has 1 aliphatic heterocycles. The van der Waals surface area contributed by atoms with E-state index in [0.717, 1.165) is 17.3 Å². The van der Waals surface area contributed by atoms with Crippen LogP contribution >= 0.6 is 24.0 Å². The first-order valence-corrected chi connectivity index (χ1v) is 11.8. The van der Waals surface area contributed by atoms with E-state index in [1.807, 2.05) is 48.3 Å². The van der Waals surface area contributed by atoms with Crippen molar-refractivity contribution < 1.29 is 14.7 Å². The Bertz CT molecular complexity index is 1350. The molecule has 8 nitrogen and oxygen atoms in total. The largest absolute Gasteiger partial charge is 0.481 e. The average molecular weight is 495 g/mol. The van der Waals surface area contributed by atoms with Gasteiger partial charge in [-0.1, -0.05) is 60.4 Å². The Morgan fingerprint density at radius 3 is 2.65 bits per heavy atom. The number of fused-ring (bicyclic) bond motifs is 1. The molecular weight excluding hydrogens is 472 g/mol. The topological polar surface area (TPSA) is 95.2 Å². The molecule has 34 heavy (non-hydrogen) atoms. The van der Waals surface area contributed by atoms with Crippen molar-refractivity contribution in [1.29, 1.82) is 0 Å². The van der Waals surface area contributed by atoms with Crippen LogP contribution in [0.5, 0.6) is 0 Å². The van der Waals surface area contributed by atoms with Crippen LogP contribution in [0, 0.1) is 0 Å². The summed E-state index contributed by atoms with van der Waals surface area (Å²) in [5.74, 6) is -0.812. The van der Waals surface area contributed by atoms with Crippen LogP contribution in [0.2, 0.25) is 0 Å². The van der Waals surface area contributed by atoms with Gasteiger partial charge in [0.15, 0.2) is 0 Å². The summed E-state index contributed by atoms with van der Waals surface area (Å²) in [6.45, 7) is 0.733. The van der Waals surface area contributed by atoms with E-state index < -0.39 is 5.97 Å². The average Bonchev–Trinajstić information content (AvgIpc) is 3.08. The maximum Gasteiger partial charge on any atom is 0.303 e. The van der Waals surface area contributed by atoms with Gasteiger partial charge in [0, 0.05) is 32.8 Å². The number of nitrogens with zero attached hydrogens (tertiary/aromatic N) is 4. The Hall–Kier alpha value is -3.50. The van der Waals surface area contributed by atoms with Crippen molar-refractivity contribution in [2.45, 2.75) is 19.4 Å². The maximum atomic E-state index is 13.4. The molecule has 2 aromatic heterocycles. The van der Waals surface area contributed by atoms with Gasteiger partial charge in [0.2, 0.25) is 0 Å². The molecule has 1 fully saturated rings. The third kappa shape index (κ3) is 5.02. The fourth-order valence-corrected chi connectivity index (χ4v) is 4.94. The van der Waals surface area contributed by atoms with E-state index in [-0.39, 0.29) is 30.0 Å². The van der Waals surface area contributed by atoms with E-state index in [1.165, 1.54) is 9.30 Å². The van der Waals surface area contributed by atoms with Gasteiger partial charge >= 0.3 is 5.97 Å². The molecule has 10 heteroatoms. The normalized spacial score (nSPS) is 14.9. The highest BCUT2D eigenvalue weighted by Gasteiger charge is 2.32. The molecule has 0 saturated carbocycles. The van der Waals surface area contributed by atoms with Crippen LogP contribution in [0.15, 0.2) is 64.4 Å². The number of rotatable bonds is 8. The quantitative estimate of drug-likeness (QED) is 0.376. The van der Waals surface area contributed by atoms with Gasteiger partial charge in [0.1, 0.15) is 15.8 Å². The molecule has 3 heterocycles. The van der Waals surface area contributed by atoms with Crippen LogP contribution in [0.25, 0.3) is 11.7 Å². The zero-order chi connectivity index (χ0) is 24.2. The number of pyridine rings is 1. The molecule has 0 radical (unpaired) electrons. The highest BCUT2D eigenvalue weighted by molar-refractivity contribution is 8.26. The van der Waals surface area contributed by atoms with Crippen molar-refractivity contribution in [3.05, 3.63) is 81.1 Å². The summed E-state index contributed by atoms with van der Waals surface area (Å²) in [6, 6.07) is 15.1. The number of carboxylic acid groups (broad SMARTS) is 1. The van der Waals surface area contributed by atoms with E-state index in [4.69, 9.17) is 22.3 Å². The molecule has 1 aromatic carbocycles. The molecule has 0 aliphatic carbocycles. The van der Waals surface area contributed by atoms with Crippen molar-refractivity contribution in [3.8, 4) is 0 Å². The molecule has 0 spiro atoms. The number of carboxylic acids is 1. The molecule has 1 aliphatic rings. The molecule has 0 bridgehead atoms. The summed E-state index contributed by atoms with van der Waals surface area (Å²) >= 11 is 6.44. The summed E-state index contributed by atoms with van der Waals surface area (Å²) in [5.41, 5.74) is 1.54. The number of hydrogen-bond donors (Lipinski definition) is 1. The second-order valence-corrected chi connectivity index (χ2v) is 9.43. The highest BCUT2D eigenvalue weighted by Crippen LogP contribution is 2.33. The molecule has 4 rings (SSSR count). The fourth-order valence-electron chi connectivity index (χ4n) is 3.65. The number of anilines is 1. The lowest BCUT2D eigenvalue weighted by molar-refractivity contribution is -0.137. The zero-order valence-electron chi connectivity index (χ0n) is 18.4. The number of aromatic nitrogens is 2. The third-order valence-electron chi connectivity index (χ3n) is 5.29. The van der Waals surface area contributed by atoms with E-state index >= 15 is 0 Å². The lowest BCUT2D eigenvalue weighted by Gasteiger charge is -2.21.